The number of esters is 3. The molecule has 0 aliphatic heterocycles. The van der Waals surface area contributed by atoms with Gasteiger partial charge in [-0.15, -0.1) is 0 Å². The van der Waals surface area contributed by atoms with Gasteiger partial charge in [0.25, 0.3) is 0 Å². The number of allylic oxidation sites excluding steroid dienone is 12. The molecule has 0 radical (unpaired) electrons. The third-order valence-electron chi connectivity index (χ3n) is 14.4. The van der Waals surface area contributed by atoms with Gasteiger partial charge in [-0.25, -0.2) is 0 Å². The van der Waals surface area contributed by atoms with Crippen LogP contribution >= 0.6 is 0 Å². The summed E-state index contributed by atoms with van der Waals surface area (Å²) < 4.78 is 16.9. The molecule has 440 valence electrons. The van der Waals surface area contributed by atoms with E-state index in [2.05, 4.69) is 93.7 Å². The lowest BCUT2D eigenvalue weighted by atomic mass is 10.0. The predicted octanol–water partition coefficient (Wildman–Crippen LogP) is 22.5. The van der Waals surface area contributed by atoms with Crippen molar-refractivity contribution >= 4 is 17.9 Å². The monoisotopic (exact) mass is 1060 g/mol. The molecule has 0 heterocycles. The van der Waals surface area contributed by atoms with E-state index in [9.17, 15) is 14.4 Å². The third kappa shape index (κ3) is 61.7. The predicted molar refractivity (Wildman–Crippen MR) is 330 cm³/mol. The zero-order valence-electron chi connectivity index (χ0n) is 50.5. The lowest BCUT2D eigenvalue weighted by Gasteiger charge is -2.18. The van der Waals surface area contributed by atoms with Crippen LogP contribution in [0.15, 0.2) is 72.9 Å². The fourth-order valence-corrected chi connectivity index (χ4v) is 9.48. The van der Waals surface area contributed by atoms with Crippen molar-refractivity contribution in [2.75, 3.05) is 13.2 Å². The van der Waals surface area contributed by atoms with Crippen molar-refractivity contribution in [2.24, 2.45) is 0 Å². The van der Waals surface area contributed by atoms with Crippen molar-refractivity contribution in [1.82, 2.24) is 0 Å². The van der Waals surface area contributed by atoms with Gasteiger partial charge >= 0.3 is 17.9 Å². The van der Waals surface area contributed by atoms with E-state index >= 15 is 0 Å². The molecule has 0 N–H and O–H groups in total. The Balaban J connectivity index is 4.20. The molecule has 0 aromatic heterocycles. The van der Waals surface area contributed by atoms with Crippen LogP contribution in [0.5, 0.6) is 0 Å². The van der Waals surface area contributed by atoms with Gasteiger partial charge in [0.05, 0.1) is 0 Å². The Bertz CT molecular complexity index is 1400. The molecule has 0 rings (SSSR count). The number of carbonyl (C=O) groups excluding carboxylic acids is 3. The van der Waals surface area contributed by atoms with E-state index in [0.717, 1.165) is 96.3 Å². The second kappa shape index (κ2) is 64.4. The number of carbonyl (C=O) groups is 3. The minimum atomic E-state index is -0.784. The molecule has 0 aliphatic carbocycles. The largest absolute Gasteiger partial charge is 0.462 e. The highest BCUT2D eigenvalue weighted by molar-refractivity contribution is 5.71. The fraction of sp³-hybridized carbons (Fsp3) is 0.786. The molecule has 0 aromatic rings. The highest BCUT2D eigenvalue weighted by atomic mass is 16.6. The Labute approximate surface area is 472 Å². The molecular formula is C70H124O6. The maximum atomic E-state index is 12.9. The number of rotatable bonds is 60. The molecule has 0 amide bonds. The van der Waals surface area contributed by atoms with Gasteiger partial charge in [0, 0.05) is 19.3 Å². The van der Waals surface area contributed by atoms with Gasteiger partial charge in [0.15, 0.2) is 6.10 Å². The van der Waals surface area contributed by atoms with E-state index in [1.807, 2.05) is 0 Å². The van der Waals surface area contributed by atoms with Crippen LogP contribution in [-0.4, -0.2) is 37.2 Å². The summed E-state index contributed by atoms with van der Waals surface area (Å²) in [4.78, 5) is 38.3. The molecule has 0 aromatic carbocycles. The van der Waals surface area contributed by atoms with E-state index in [4.69, 9.17) is 14.2 Å². The van der Waals surface area contributed by atoms with Crippen LogP contribution in [0, 0.1) is 0 Å². The fourth-order valence-electron chi connectivity index (χ4n) is 9.48. The normalized spacial score (nSPS) is 12.5. The molecule has 0 saturated carbocycles. The van der Waals surface area contributed by atoms with Crippen LogP contribution in [0.2, 0.25) is 0 Å². The highest BCUT2D eigenvalue weighted by Crippen LogP contribution is 2.17. The third-order valence-corrected chi connectivity index (χ3v) is 14.4. The second-order valence-electron chi connectivity index (χ2n) is 22.0. The summed E-state index contributed by atoms with van der Waals surface area (Å²) in [5, 5.41) is 0. The topological polar surface area (TPSA) is 78.9 Å². The minimum Gasteiger partial charge on any atom is -0.462 e. The zero-order valence-corrected chi connectivity index (χ0v) is 50.5. The first-order chi connectivity index (χ1) is 37.5. The first-order valence-electron chi connectivity index (χ1n) is 32.9. The van der Waals surface area contributed by atoms with Crippen LogP contribution in [0.25, 0.3) is 0 Å². The van der Waals surface area contributed by atoms with E-state index in [-0.39, 0.29) is 31.1 Å². The molecule has 76 heavy (non-hydrogen) atoms. The first-order valence-corrected chi connectivity index (χ1v) is 32.9. The number of unbranched alkanes of at least 4 members (excludes halogenated alkanes) is 37. The number of hydrogen-bond acceptors (Lipinski definition) is 6. The average Bonchev–Trinajstić information content (AvgIpc) is 3.42. The molecule has 0 fully saturated rings. The molecular weight excluding hydrogens is 937 g/mol. The molecule has 0 bridgehead atoms. The maximum Gasteiger partial charge on any atom is 0.306 e. The van der Waals surface area contributed by atoms with Crippen LogP contribution in [0.1, 0.15) is 335 Å². The van der Waals surface area contributed by atoms with Crippen LogP contribution in [0.3, 0.4) is 0 Å². The lowest BCUT2D eigenvalue weighted by molar-refractivity contribution is -0.167. The Morgan fingerprint density at radius 2 is 0.513 bits per heavy atom. The van der Waals surface area contributed by atoms with E-state index in [0.29, 0.717) is 19.3 Å². The van der Waals surface area contributed by atoms with Gasteiger partial charge in [-0.1, -0.05) is 280 Å². The van der Waals surface area contributed by atoms with Crippen molar-refractivity contribution < 1.29 is 28.6 Å². The van der Waals surface area contributed by atoms with E-state index in [1.165, 1.54) is 199 Å². The van der Waals surface area contributed by atoms with Crippen LogP contribution < -0.4 is 0 Å². The van der Waals surface area contributed by atoms with E-state index in [1.54, 1.807) is 0 Å². The highest BCUT2D eigenvalue weighted by Gasteiger charge is 2.19. The van der Waals surface area contributed by atoms with E-state index < -0.39 is 6.10 Å². The quantitative estimate of drug-likeness (QED) is 0.0261. The van der Waals surface area contributed by atoms with Crippen molar-refractivity contribution in [1.29, 1.82) is 0 Å². The summed E-state index contributed by atoms with van der Waals surface area (Å²) in [5.74, 6) is -0.885. The lowest BCUT2D eigenvalue weighted by Crippen LogP contribution is -2.30. The molecule has 6 heteroatoms. The van der Waals surface area contributed by atoms with Gasteiger partial charge in [0.1, 0.15) is 13.2 Å². The van der Waals surface area contributed by atoms with Gasteiger partial charge in [-0.3, -0.25) is 14.4 Å². The summed E-state index contributed by atoms with van der Waals surface area (Å²) in [7, 11) is 0. The Morgan fingerprint density at radius 3 is 0.842 bits per heavy atom. The Morgan fingerprint density at radius 1 is 0.276 bits per heavy atom. The second-order valence-corrected chi connectivity index (χ2v) is 22.0. The molecule has 1 unspecified atom stereocenters. The molecule has 1 atom stereocenters. The van der Waals surface area contributed by atoms with Crippen molar-refractivity contribution in [3.05, 3.63) is 72.9 Å². The van der Waals surface area contributed by atoms with Gasteiger partial charge in [-0.2, -0.15) is 0 Å². The Hall–Kier alpha value is -3.15. The van der Waals surface area contributed by atoms with Crippen LogP contribution in [-0.2, 0) is 28.6 Å². The van der Waals surface area contributed by atoms with Gasteiger partial charge in [-0.05, 0) is 109 Å². The maximum absolute atomic E-state index is 12.9. The smallest absolute Gasteiger partial charge is 0.306 e. The molecule has 0 saturated heterocycles. The first kappa shape index (κ1) is 72.8. The minimum absolute atomic E-state index is 0.0796. The molecule has 0 aliphatic rings. The van der Waals surface area contributed by atoms with Crippen molar-refractivity contribution in [3.63, 3.8) is 0 Å². The van der Waals surface area contributed by atoms with Gasteiger partial charge < -0.3 is 14.2 Å². The average molecular weight is 1060 g/mol. The summed E-state index contributed by atoms with van der Waals surface area (Å²) in [5.41, 5.74) is 0. The summed E-state index contributed by atoms with van der Waals surface area (Å²) in [6.45, 7) is 6.52. The molecule has 6 nitrogen and oxygen atoms in total. The number of hydrogen-bond donors (Lipinski definition) is 0. The summed E-state index contributed by atoms with van der Waals surface area (Å²) >= 11 is 0. The zero-order chi connectivity index (χ0) is 55.0. The molecule has 0 spiro atoms. The SMILES string of the molecule is CC/C=C\C/C=C\C/C=C\CCCCCCCCCC(=O)OC(COC(=O)CCCCCCC/C=C\CCCCC)COC(=O)CCCCCCCCCCCCCCCCCCC/C=C\C/C=C\CCCCCCC. The Kier molecular flexibility index (Phi) is 61.7. The standard InChI is InChI=1S/C70H124O6/c1-4-7-10-13-16-19-22-25-27-29-30-31-32-33-34-35-36-37-38-39-40-42-43-45-48-51-54-57-60-63-69(72)75-66-67(65-74-68(71)62-59-56-53-50-47-24-21-18-15-12-9-6-3)76-70(73)64-61-58-55-52-49-46-44-41-28-26-23-20-17-14-11-8-5-2/h8,11,17-18,20-22,25-26,28-30,67H,4-7,9-10,12-16,19,23-24,27,31-66H2,1-3H3/b11-8-,20-17-,21-18-,25-22-,28-26-,30-29-. The van der Waals surface area contributed by atoms with Crippen molar-refractivity contribution in [3.8, 4) is 0 Å². The summed E-state index contributed by atoms with van der Waals surface area (Å²) in [6.07, 6.45) is 83.5. The number of ether oxygens (including phenoxy) is 3. The van der Waals surface area contributed by atoms with Gasteiger partial charge in [0.2, 0.25) is 0 Å². The van der Waals surface area contributed by atoms with Crippen LogP contribution in [0.4, 0.5) is 0 Å². The van der Waals surface area contributed by atoms with Crippen molar-refractivity contribution in [2.45, 2.75) is 341 Å². The summed E-state index contributed by atoms with van der Waals surface area (Å²) in [6, 6.07) is 0.